The summed E-state index contributed by atoms with van der Waals surface area (Å²) < 4.78 is 25.4. The number of aromatic nitrogens is 1. The molecule has 1 amide bonds. The topological polar surface area (TPSA) is 117 Å². The quantitative estimate of drug-likeness (QED) is 0.734. The summed E-state index contributed by atoms with van der Waals surface area (Å²) in [5.41, 5.74) is -0.113. The molecule has 1 heterocycles. The first kappa shape index (κ1) is 16.1. The molecular formula is C11H15N3O5S. The molecule has 0 aliphatic heterocycles. The van der Waals surface area contributed by atoms with Gasteiger partial charge in [-0.15, -0.1) is 0 Å². The molecule has 0 spiro atoms. The molecule has 1 aromatic heterocycles. The molecule has 2 N–H and O–H groups in total. The third-order valence-electron chi connectivity index (χ3n) is 2.54. The average Bonchev–Trinajstić information content (AvgIpc) is 2.44. The van der Waals surface area contributed by atoms with Gasteiger partial charge in [-0.1, -0.05) is 6.92 Å². The predicted molar refractivity (Wildman–Crippen MR) is 69.7 cm³/mol. The highest BCUT2D eigenvalue weighted by Crippen LogP contribution is 2.13. The zero-order valence-corrected chi connectivity index (χ0v) is 11.8. The molecule has 1 aromatic rings. The number of aromatic carboxylic acids is 1. The second-order valence-electron chi connectivity index (χ2n) is 3.79. The number of amides is 1. The van der Waals surface area contributed by atoms with Crippen LogP contribution in [-0.4, -0.2) is 54.8 Å². The Morgan fingerprint density at radius 2 is 2.05 bits per heavy atom. The SMILES string of the molecule is CCN(CC(=O)NC)S(=O)(=O)c1ccc(C(=O)O)cn1. The Labute approximate surface area is 116 Å². The molecule has 0 aromatic carbocycles. The van der Waals surface area contributed by atoms with Gasteiger partial charge in [-0.05, 0) is 12.1 Å². The van der Waals surface area contributed by atoms with E-state index in [1.807, 2.05) is 0 Å². The maximum atomic E-state index is 12.2. The van der Waals surface area contributed by atoms with Gasteiger partial charge in [0.25, 0.3) is 10.0 Å². The first-order valence-corrected chi connectivity index (χ1v) is 7.17. The molecule has 0 saturated heterocycles. The fourth-order valence-electron chi connectivity index (χ4n) is 1.40. The number of nitrogens with zero attached hydrogens (tertiary/aromatic N) is 2. The van der Waals surface area contributed by atoms with Gasteiger partial charge in [-0.2, -0.15) is 4.31 Å². The Morgan fingerprint density at radius 1 is 1.40 bits per heavy atom. The molecule has 0 aliphatic carbocycles. The highest BCUT2D eigenvalue weighted by molar-refractivity contribution is 7.89. The van der Waals surface area contributed by atoms with E-state index in [1.54, 1.807) is 6.92 Å². The molecule has 8 nitrogen and oxygen atoms in total. The molecule has 0 aliphatic rings. The first-order chi connectivity index (χ1) is 9.32. The zero-order valence-electron chi connectivity index (χ0n) is 11.0. The van der Waals surface area contributed by atoms with Crippen molar-refractivity contribution in [3.05, 3.63) is 23.9 Å². The molecule has 20 heavy (non-hydrogen) atoms. The molecule has 0 bridgehead atoms. The van der Waals surface area contributed by atoms with E-state index in [-0.39, 0.29) is 23.7 Å². The van der Waals surface area contributed by atoms with E-state index < -0.39 is 21.9 Å². The number of hydrogen-bond donors (Lipinski definition) is 2. The van der Waals surface area contributed by atoms with Crippen LogP contribution in [-0.2, 0) is 14.8 Å². The van der Waals surface area contributed by atoms with Crippen LogP contribution in [0, 0.1) is 0 Å². The van der Waals surface area contributed by atoms with Crippen LogP contribution in [0.5, 0.6) is 0 Å². The summed E-state index contributed by atoms with van der Waals surface area (Å²) in [7, 11) is -2.52. The van der Waals surface area contributed by atoms with Crippen molar-refractivity contribution in [3.8, 4) is 0 Å². The summed E-state index contributed by atoms with van der Waals surface area (Å²) in [6.45, 7) is 1.36. The van der Waals surface area contributed by atoms with Gasteiger partial charge in [0.2, 0.25) is 5.91 Å². The summed E-state index contributed by atoms with van der Waals surface area (Å²) in [6.07, 6.45) is 0.961. The summed E-state index contributed by atoms with van der Waals surface area (Å²) in [5.74, 6) is -1.64. The Bertz CT molecular complexity index is 597. The summed E-state index contributed by atoms with van der Waals surface area (Å²) >= 11 is 0. The van der Waals surface area contributed by atoms with E-state index in [9.17, 15) is 18.0 Å². The number of carboxylic acid groups (broad SMARTS) is 1. The monoisotopic (exact) mass is 301 g/mol. The molecule has 9 heteroatoms. The third-order valence-corrected chi connectivity index (χ3v) is 4.38. The number of rotatable bonds is 6. The molecule has 110 valence electrons. The van der Waals surface area contributed by atoms with Crippen LogP contribution >= 0.6 is 0 Å². The number of carbonyl (C=O) groups is 2. The van der Waals surface area contributed by atoms with Crippen LogP contribution < -0.4 is 5.32 Å². The average molecular weight is 301 g/mol. The minimum Gasteiger partial charge on any atom is -0.478 e. The molecular weight excluding hydrogens is 286 g/mol. The van der Waals surface area contributed by atoms with Crippen molar-refractivity contribution < 1.29 is 23.1 Å². The first-order valence-electron chi connectivity index (χ1n) is 5.73. The molecule has 0 atom stereocenters. The lowest BCUT2D eigenvalue weighted by molar-refractivity contribution is -0.120. The van der Waals surface area contributed by atoms with Crippen LogP contribution in [0.15, 0.2) is 23.4 Å². The van der Waals surface area contributed by atoms with Gasteiger partial charge in [-0.25, -0.2) is 18.2 Å². The normalized spacial score (nSPS) is 11.3. The van der Waals surface area contributed by atoms with Crippen LogP contribution in [0.2, 0.25) is 0 Å². The molecule has 1 rings (SSSR count). The Hall–Kier alpha value is -2.00. The molecule has 0 radical (unpaired) electrons. The van der Waals surface area contributed by atoms with Crippen molar-refractivity contribution in [2.75, 3.05) is 20.1 Å². The highest BCUT2D eigenvalue weighted by Gasteiger charge is 2.26. The smallest absolute Gasteiger partial charge is 0.337 e. The lowest BCUT2D eigenvalue weighted by Gasteiger charge is -2.18. The van der Waals surface area contributed by atoms with E-state index in [2.05, 4.69) is 10.3 Å². The standard InChI is InChI=1S/C11H15N3O5S/c1-3-14(7-9(15)12-2)20(18,19)10-5-4-8(6-13-10)11(16)17/h4-6H,3,7H2,1-2H3,(H,12,15)(H,16,17). The predicted octanol–water partition coefficient (Wildman–Crippen LogP) is -0.464. The lowest BCUT2D eigenvalue weighted by Crippen LogP contribution is -2.39. The Morgan fingerprint density at radius 3 is 2.45 bits per heavy atom. The molecule has 0 saturated carbocycles. The fraction of sp³-hybridized carbons (Fsp3) is 0.364. The van der Waals surface area contributed by atoms with E-state index in [1.165, 1.54) is 7.05 Å². The second-order valence-corrected chi connectivity index (χ2v) is 5.68. The number of sulfonamides is 1. The van der Waals surface area contributed by atoms with Crippen molar-refractivity contribution in [3.63, 3.8) is 0 Å². The van der Waals surface area contributed by atoms with Gasteiger partial charge in [0.05, 0.1) is 12.1 Å². The van der Waals surface area contributed by atoms with Crippen molar-refractivity contribution in [1.29, 1.82) is 0 Å². The number of nitrogens with one attached hydrogen (secondary N) is 1. The zero-order chi connectivity index (χ0) is 15.3. The van der Waals surface area contributed by atoms with Gasteiger partial charge >= 0.3 is 5.97 Å². The maximum Gasteiger partial charge on any atom is 0.337 e. The van der Waals surface area contributed by atoms with E-state index in [0.717, 1.165) is 22.6 Å². The van der Waals surface area contributed by atoms with E-state index >= 15 is 0 Å². The largest absolute Gasteiger partial charge is 0.478 e. The third kappa shape index (κ3) is 3.52. The van der Waals surface area contributed by atoms with Crippen LogP contribution in [0.3, 0.4) is 0 Å². The lowest BCUT2D eigenvalue weighted by atomic mass is 10.3. The fourth-order valence-corrected chi connectivity index (χ4v) is 2.72. The van der Waals surface area contributed by atoms with Gasteiger partial charge in [0, 0.05) is 19.8 Å². The number of pyridine rings is 1. The Kier molecular flexibility index (Phi) is 5.17. The molecule has 0 fully saturated rings. The number of carboxylic acids is 1. The van der Waals surface area contributed by atoms with Gasteiger partial charge in [-0.3, -0.25) is 4.79 Å². The summed E-state index contributed by atoms with van der Waals surface area (Å²) in [5, 5.41) is 10.8. The van der Waals surface area contributed by atoms with Gasteiger partial charge in [0.15, 0.2) is 5.03 Å². The summed E-state index contributed by atoms with van der Waals surface area (Å²) in [6, 6.07) is 2.25. The second kappa shape index (κ2) is 6.44. The number of hydrogen-bond acceptors (Lipinski definition) is 5. The van der Waals surface area contributed by atoms with Crippen molar-refractivity contribution >= 4 is 21.9 Å². The van der Waals surface area contributed by atoms with E-state index in [4.69, 9.17) is 5.11 Å². The minimum atomic E-state index is -3.93. The maximum absolute atomic E-state index is 12.2. The molecule has 0 unspecified atom stereocenters. The van der Waals surface area contributed by atoms with Crippen molar-refractivity contribution in [2.24, 2.45) is 0 Å². The van der Waals surface area contributed by atoms with Gasteiger partial charge in [0.1, 0.15) is 0 Å². The van der Waals surface area contributed by atoms with Crippen LogP contribution in [0.1, 0.15) is 17.3 Å². The minimum absolute atomic E-state index is 0.0954. The van der Waals surface area contributed by atoms with E-state index in [0.29, 0.717) is 0 Å². The number of likely N-dealkylation sites (N-methyl/N-ethyl adjacent to an activating group) is 2. The van der Waals surface area contributed by atoms with Gasteiger partial charge < -0.3 is 10.4 Å². The number of carbonyl (C=O) groups excluding carboxylic acids is 1. The van der Waals surface area contributed by atoms with Crippen LogP contribution in [0.25, 0.3) is 0 Å². The van der Waals surface area contributed by atoms with Crippen LogP contribution in [0.4, 0.5) is 0 Å². The Balaban J connectivity index is 3.07. The highest BCUT2D eigenvalue weighted by atomic mass is 32.2. The summed E-state index contributed by atoms with van der Waals surface area (Å²) in [4.78, 5) is 25.6. The van der Waals surface area contributed by atoms with Crippen molar-refractivity contribution in [1.82, 2.24) is 14.6 Å². The van der Waals surface area contributed by atoms with Crippen molar-refractivity contribution in [2.45, 2.75) is 11.9 Å².